The first-order valence-electron chi connectivity index (χ1n) is 4.16. The molecule has 1 rings (SSSR count). The smallest absolute Gasteiger partial charge is 0.342 e. The van der Waals surface area contributed by atoms with Gasteiger partial charge in [0.15, 0.2) is 0 Å². The molecule has 0 amide bonds. The van der Waals surface area contributed by atoms with Crippen LogP contribution in [0.2, 0.25) is 0 Å². The average molecular weight is 221 g/mol. The molecule has 1 aromatic carbocycles. The van der Waals surface area contributed by atoms with Gasteiger partial charge in [0.05, 0.1) is 4.92 Å². The average Bonchev–Trinajstić information content (AvgIpc) is 2.26. The third kappa shape index (κ3) is 1.97. The zero-order valence-electron chi connectivity index (χ0n) is 8.01. The van der Waals surface area contributed by atoms with Crippen molar-refractivity contribution >= 4 is 11.7 Å². The van der Waals surface area contributed by atoms with Crippen LogP contribution in [0.1, 0.15) is 21.5 Å². The molecule has 0 unspecified atom stereocenters. The number of nitriles is 1. The van der Waals surface area contributed by atoms with Crippen LogP contribution in [0.5, 0.6) is 0 Å². The van der Waals surface area contributed by atoms with Crippen LogP contribution in [-0.4, -0.2) is 16.0 Å². The molecule has 0 saturated carbocycles. The van der Waals surface area contributed by atoms with Crippen LogP contribution in [0, 0.1) is 21.4 Å². The Morgan fingerprint density at radius 2 is 2.25 bits per heavy atom. The fraction of sp³-hybridized carbons (Fsp3) is 0.111. The second kappa shape index (κ2) is 4.37. The van der Waals surface area contributed by atoms with Crippen molar-refractivity contribution in [1.29, 1.82) is 5.26 Å². The van der Waals surface area contributed by atoms with Crippen molar-refractivity contribution < 1.29 is 14.8 Å². The Kier molecular flexibility index (Phi) is 3.17. The lowest BCUT2D eigenvalue weighted by Crippen LogP contribution is -2.08. The number of carboxylic acids is 1. The number of nitro groups is 1. The van der Waals surface area contributed by atoms with Gasteiger partial charge in [0.1, 0.15) is 17.2 Å². The summed E-state index contributed by atoms with van der Waals surface area (Å²) < 4.78 is 0. The number of aromatic carboxylic acids is 1. The molecular weight excluding hydrogens is 214 g/mol. The molecular formula is C9H7N3O4. The quantitative estimate of drug-likeness (QED) is 0.568. The van der Waals surface area contributed by atoms with E-state index < -0.39 is 22.1 Å². The van der Waals surface area contributed by atoms with Crippen molar-refractivity contribution in [3.63, 3.8) is 0 Å². The first kappa shape index (κ1) is 11.6. The third-order valence-corrected chi connectivity index (χ3v) is 1.94. The maximum atomic E-state index is 10.8. The monoisotopic (exact) mass is 221 g/mol. The zero-order chi connectivity index (χ0) is 12.3. The number of carboxylic acid groups (broad SMARTS) is 1. The standard InChI is InChI=1S/C9H7N3O4/c10-3-5-1-6(4-11)8(12(15)16)7(2-5)9(13)14/h1-2H,3,10H2,(H,13,14). The number of hydrogen-bond acceptors (Lipinski definition) is 5. The Labute approximate surface area is 89.9 Å². The summed E-state index contributed by atoms with van der Waals surface area (Å²) in [5.74, 6) is -1.46. The Hall–Kier alpha value is -2.46. The molecule has 0 atom stereocenters. The van der Waals surface area contributed by atoms with Gasteiger partial charge in [-0.3, -0.25) is 10.1 Å². The highest BCUT2D eigenvalue weighted by Crippen LogP contribution is 2.25. The van der Waals surface area contributed by atoms with Crippen molar-refractivity contribution in [2.24, 2.45) is 5.73 Å². The molecule has 0 aromatic heterocycles. The fourth-order valence-corrected chi connectivity index (χ4v) is 1.26. The van der Waals surface area contributed by atoms with Gasteiger partial charge in [0.25, 0.3) is 0 Å². The molecule has 0 saturated heterocycles. The van der Waals surface area contributed by atoms with Crippen molar-refractivity contribution in [1.82, 2.24) is 0 Å². The largest absolute Gasteiger partial charge is 0.477 e. The Morgan fingerprint density at radius 1 is 1.62 bits per heavy atom. The molecule has 0 heterocycles. The molecule has 0 aliphatic carbocycles. The fourth-order valence-electron chi connectivity index (χ4n) is 1.26. The summed E-state index contributed by atoms with van der Waals surface area (Å²) in [7, 11) is 0. The SMILES string of the molecule is N#Cc1cc(CN)cc(C(=O)O)c1[N+](=O)[O-]. The van der Waals surface area contributed by atoms with E-state index in [-0.39, 0.29) is 12.1 Å². The van der Waals surface area contributed by atoms with E-state index in [1.54, 1.807) is 6.07 Å². The van der Waals surface area contributed by atoms with Gasteiger partial charge in [0, 0.05) is 6.54 Å². The first-order chi connectivity index (χ1) is 7.51. The van der Waals surface area contributed by atoms with Crippen LogP contribution < -0.4 is 5.73 Å². The Bertz CT molecular complexity index is 504. The number of hydrogen-bond donors (Lipinski definition) is 2. The first-order valence-corrected chi connectivity index (χ1v) is 4.16. The maximum Gasteiger partial charge on any atom is 0.342 e. The molecule has 0 fully saturated rings. The number of nitrogens with zero attached hydrogens (tertiary/aromatic N) is 2. The molecule has 3 N–H and O–H groups in total. The molecule has 7 heteroatoms. The van der Waals surface area contributed by atoms with E-state index in [9.17, 15) is 14.9 Å². The van der Waals surface area contributed by atoms with Crippen LogP contribution in [0.3, 0.4) is 0 Å². The van der Waals surface area contributed by atoms with Gasteiger partial charge in [-0.15, -0.1) is 0 Å². The van der Waals surface area contributed by atoms with Crippen LogP contribution in [0.4, 0.5) is 5.69 Å². The van der Waals surface area contributed by atoms with Crippen LogP contribution in [0.15, 0.2) is 12.1 Å². The highest BCUT2D eigenvalue weighted by molar-refractivity contribution is 5.93. The van der Waals surface area contributed by atoms with Gasteiger partial charge in [-0.05, 0) is 17.7 Å². The van der Waals surface area contributed by atoms with E-state index in [0.29, 0.717) is 5.56 Å². The van der Waals surface area contributed by atoms with Crippen molar-refractivity contribution in [3.8, 4) is 6.07 Å². The van der Waals surface area contributed by atoms with Crippen molar-refractivity contribution in [3.05, 3.63) is 38.9 Å². The molecule has 1 aromatic rings. The van der Waals surface area contributed by atoms with E-state index in [2.05, 4.69) is 0 Å². The summed E-state index contributed by atoms with van der Waals surface area (Å²) in [6.07, 6.45) is 0. The molecule has 0 radical (unpaired) electrons. The summed E-state index contributed by atoms with van der Waals surface area (Å²) in [5.41, 5.74) is 4.13. The van der Waals surface area contributed by atoms with Gasteiger partial charge >= 0.3 is 11.7 Å². The molecule has 0 aliphatic heterocycles. The molecule has 82 valence electrons. The highest BCUT2D eigenvalue weighted by atomic mass is 16.6. The third-order valence-electron chi connectivity index (χ3n) is 1.94. The molecule has 0 aliphatic rings. The number of benzene rings is 1. The molecule has 16 heavy (non-hydrogen) atoms. The number of rotatable bonds is 3. The number of nitro benzene ring substituents is 1. The summed E-state index contributed by atoms with van der Waals surface area (Å²) >= 11 is 0. The topological polar surface area (TPSA) is 130 Å². The summed E-state index contributed by atoms with van der Waals surface area (Å²) in [5, 5.41) is 28.2. The maximum absolute atomic E-state index is 10.8. The summed E-state index contributed by atoms with van der Waals surface area (Å²) in [4.78, 5) is 20.6. The minimum absolute atomic E-state index is 0.00690. The Balaban J connectivity index is 3.62. The van der Waals surface area contributed by atoms with Gasteiger partial charge in [-0.25, -0.2) is 4.79 Å². The highest BCUT2D eigenvalue weighted by Gasteiger charge is 2.25. The summed E-state index contributed by atoms with van der Waals surface area (Å²) in [6.45, 7) is 0.00690. The van der Waals surface area contributed by atoms with Gasteiger partial charge in [-0.1, -0.05) is 0 Å². The zero-order valence-corrected chi connectivity index (χ0v) is 8.01. The van der Waals surface area contributed by atoms with Crippen molar-refractivity contribution in [2.75, 3.05) is 0 Å². The van der Waals surface area contributed by atoms with Crippen LogP contribution in [-0.2, 0) is 6.54 Å². The normalized spacial score (nSPS) is 9.50. The lowest BCUT2D eigenvalue weighted by atomic mass is 10.0. The van der Waals surface area contributed by atoms with Crippen LogP contribution in [0.25, 0.3) is 0 Å². The van der Waals surface area contributed by atoms with Gasteiger partial charge in [-0.2, -0.15) is 5.26 Å². The predicted molar refractivity (Wildman–Crippen MR) is 52.7 cm³/mol. The molecule has 0 spiro atoms. The molecule has 7 nitrogen and oxygen atoms in total. The van der Waals surface area contributed by atoms with E-state index >= 15 is 0 Å². The second-order valence-corrected chi connectivity index (χ2v) is 2.92. The van der Waals surface area contributed by atoms with E-state index in [4.69, 9.17) is 16.1 Å². The van der Waals surface area contributed by atoms with Gasteiger partial charge < -0.3 is 10.8 Å². The minimum Gasteiger partial charge on any atom is -0.477 e. The summed E-state index contributed by atoms with van der Waals surface area (Å²) in [6, 6.07) is 3.90. The van der Waals surface area contributed by atoms with Crippen LogP contribution >= 0.6 is 0 Å². The van der Waals surface area contributed by atoms with Gasteiger partial charge in [0.2, 0.25) is 0 Å². The van der Waals surface area contributed by atoms with E-state index in [1.807, 2.05) is 0 Å². The molecule has 0 bridgehead atoms. The second-order valence-electron chi connectivity index (χ2n) is 2.92. The Morgan fingerprint density at radius 3 is 2.62 bits per heavy atom. The van der Waals surface area contributed by atoms with E-state index in [1.165, 1.54) is 6.07 Å². The predicted octanol–water partition coefficient (Wildman–Crippen LogP) is 0.623. The number of carbonyl (C=O) groups is 1. The lowest BCUT2D eigenvalue weighted by Gasteiger charge is -2.03. The number of nitrogens with two attached hydrogens (primary N) is 1. The van der Waals surface area contributed by atoms with Crippen molar-refractivity contribution in [2.45, 2.75) is 6.54 Å². The lowest BCUT2D eigenvalue weighted by molar-refractivity contribution is -0.385. The van der Waals surface area contributed by atoms with E-state index in [0.717, 1.165) is 6.07 Å². The minimum atomic E-state index is -1.46.